The zero-order valence-corrected chi connectivity index (χ0v) is 24.4. The number of anilines is 1. The summed E-state index contributed by atoms with van der Waals surface area (Å²) < 4.78 is 15.7. The lowest BCUT2D eigenvalue weighted by atomic mass is 10.0. The number of esters is 3. The molecule has 41 heavy (non-hydrogen) atoms. The van der Waals surface area contributed by atoms with Crippen molar-refractivity contribution in [1.29, 1.82) is 0 Å². The van der Waals surface area contributed by atoms with E-state index >= 15 is 0 Å². The van der Waals surface area contributed by atoms with Crippen LogP contribution in [0.2, 0.25) is 0 Å². The Morgan fingerprint density at radius 1 is 0.854 bits per heavy atom. The summed E-state index contributed by atoms with van der Waals surface area (Å²) in [5.74, 6) is -0.945. The Morgan fingerprint density at radius 2 is 1.39 bits per heavy atom. The van der Waals surface area contributed by atoms with Crippen molar-refractivity contribution in [2.75, 3.05) is 65.3 Å². The third-order valence-electron chi connectivity index (χ3n) is 6.96. The molecule has 11 nitrogen and oxygen atoms in total. The molecule has 1 aliphatic heterocycles. The van der Waals surface area contributed by atoms with Crippen molar-refractivity contribution < 1.29 is 28.6 Å². The van der Waals surface area contributed by atoms with Crippen LogP contribution in [0.5, 0.6) is 0 Å². The fourth-order valence-electron chi connectivity index (χ4n) is 4.91. The number of benzene rings is 1. The van der Waals surface area contributed by atoms with Crippen LogP contribution in [-0.2, 0) is 48.1 Å². The second kappa shape index (κ2) is 16.7. The summed E-state index contributed by atoms with van der Waals surface area (Å²) in [5, 5.41) is 0. The minimum atomic E-state index is -0.523. The second-order valence-electron chi connectivity index (χ2n) is 10.0. The van der Waals surface area contributed by atoms with Crippen LogP contribution >= 0.6 is 0 Å². The molecular formula is C30H43N5O6. The van der Waals surface area contributed by atoms with Gasteiger partial charge in [-0.1, -0.05) is 18.2 Å². The largest absolute Gasteiger partial charge is 0.468 e. The van der Waals surface area contributed by atoms with Gasteiger partial charge in [0.2, 0.25) is 0 Å². The number of carbonyl (C=O) groups excluding carboxylic acids is 3. The highest BCUT2D eigenvalue weighted by Crippen LogP contribution is 2.16. The maximum atomic E-state index is 13.1. The standard InChI is InChI=1S/C30H43N5O6/c1-4-40-28(36)21-33-15-17-35(27(30(38)39-3)14-11-23-9-12-24(31)13-10-23)18-16-34(22-29(37)41-5-2)20-26-8-6-7-25(19-33)32-26/h6-10,12-13,27H,4-5,11,14-22,31H2,1-3H3. The van der Waals surface area contributed by atoms with Gasteiger partial charge in [-0.15, -0.1) is 0 Å². The minimum absolute atomic E-state index is 0.108. The number of aryl methyl sites for hydroxylation is 1. The number of fused-ring (bicyclic) bond motifs is 2. The lowest BCUT2D eigenvalue weighted by Gasteiger charge is -2.34. The van der Waals surface area contributed by atoms with E-state index in [1.807, 2.05) is 52.3 Å². The number of rotatable bonds is 11. The fourth-order valence-corrected chi connectivity index (χ4v) is 4.91. The number of aromatic nitrogens is 1. The summed E-state index contributed by atoms with van der Waals surface area (Å²) in [6, 6.07) is 12.9. The van der Waals surface area contributed by atoms with E-state index in [0.29, 0.717) is 71.0 Å². The third kappa shape index (κ3) is 10.8. The van der Waals surface area contributed by atoms with E-state index in [4.69, 9.17) is 24.9 Å². The first-order chi connectivity index (χ1) is 19.8. The molecule has 11 heteroatoms. The third-order valence-corrected chi connectivity index (χ3v) is 6.96. The number of nitrogens with zero attached hydrogens (tertiary/aromatic N) is 4. The number of pyridine rings is 1. The highest BCUT2D eigenvalue weighted by molar-refractivity contribution is 5.75. The summed E-state index contributed by atoms with van der Waals surface area (Å²) in [5.41, 5.74) is 9.22. The van der Waals surface area contributed by atoms with E-state index in [2.05, 4.69) is 4.90 Å². The molecule has 0 amide bonds. The number of carbonyl (C=O) groups is 3. The van der Waals surface area contributed by atoms with Crippen LogP contribution in [0, 0.1) is 0 Å². The smallest absolute Gasteiger partial charge is 0.323 e. The molecule has 2 aromatic rings. The fraction of sp³-hybridized carbons (Fsp3) is 0.533. The van der Waals surface area contributed by atoms with Crippen LogP contribution in [0.1, 0.15) is 37.2 Å². The molecule has 2 heterocycles. The van der Waals surface area contributed by atoms with Crippen LogP contribution in [0.3, 0.4) is 0 Å². The molecule has 3 rings (SSSR count). The van der Waals surface area contributed by atoms with Crippen molar-refractivity contribution in [1.82, 2.24) is 19.7 Å². The maximum Gasteiger partial charge on any atom is 0.323 e. The first kappa shape index (κ1) is 32.0. The summed E-state index contributed by atoms with van der Waals surface area (Å²) in [4.78, 5) is 48.8. The Morgan fingerprint density at radius 3 is 1.88 bits per heavy atom. The second-order valence-corrected chi connectivity index (χ2v) is 10.0. The Balaban J connectivity index is 1.89. The van der Waals surface area contributed by atoms with E-state index in [1.165, 1.54) is 7.11 Å². The Kier molecular flexibility index (Phi) is 13.0. The van der Waals surface area contributed by atoms with Crippen LogP contribution in [0.25, 0.3) is 0 Å². The Labute approximate surface area is 242 Å². The van der Waals surface area contributed by atoms with Crippen LogP contribution in [0.4, 0.5) is 5.69 Å². The van der Waals surface area contributed by atoms with E-state index < -0.39 is 6.04 Å². The molecule has 1 atom stereocenters. The van der Waals surface area contributed by atoms with Crippen molar-refractivity contribution >= 4 is 23.6 Å². The normalized spacial score (nSPS) is 16.2. The average molecular weight is 570 g/mol. The van der Waals surface area contributed by atoms with Gasteiger partial charge in [0.15, 0.2) is 0 Å². The molecule has 2 bridgehead atoms. The number of nitrogens with two attached hydrogens (primary N) is 1. The maximum absolute atomic E-state index is 13.1. The number of hydrogen-bond acceptors (Lipinski definition) is 11. The first-order valence-corrected chi connectivity index (χ1v) is 14.2. The SMILES string of the molecule is CCOC(=O)CN1CCN(C(CCc2ccc(N)cc2)C(=O)OC)CCN(CC(=O)OCC)Cc2cccc(n2)C1. The van der Waals surface area contributed by atoms with Gasteiger partial charge in [0.25, 0.3) is 0 Å². The molecule has 0 saturated heterocycles. The highest BCUT2D eigenvalue weighted by atomic mass is 16.5. The van der Waals surface area contributed by atoms with Gasteiger partial charge >= 0.3 is 17.9 Å². The number of ether oxygens (including phenoxy) is 3. The topological polar surface area (TPSA) is 128 Å². The van der Waals surface area contributed by atoms with Crippen LogP contribution in [0.15, 0.2) is 42.5 Å². The van der Waals surface area contributed by atoms with E-state index in [0.717, 1.165) is 17.0 Å². The lowest BCUT2D eigenvalue weighted by Crippen LogP contribution is -2.49. The summed E-state index contributed by atoms with van der Waals surface area (Å²) in [6.45, 7) is 7.25. The van der Waals surface area contributed by atoms with Crippen molar-refractivity contribution in [3.8, 4) is 0 Å². The zero-order chi connectivity index (χ0) is 29.6. The van der Waals surface area contributed by atoms with E-state index in [-0.39, 0.29) is 31.0 Å². The van der Waals surface area contributed by atoms with Gasteiger partial charge in [-0.05, 0) is 56.5 Å². The number of methoxy groups -OCH3 is 1. The summed E-state index contributed by atoms with van der Waals surface area (Å²) in [7, 11) is 1.40. The molecule has 2 N–H and O–H groups in total. The molecule has 1 aromatic heterocycles. The average Bonchev–Trinajstić information content (AvgIpc) is 2.94. The predicted molar refractivity (Wildman–Crippen MR) is 155 cm³/mol. The van der Waals surface area contributed by atoms with Gasteiger partial charge in [-0.25, -0.2) is 0 Å². The first-order valence-electron chi connectivity index (χ1n) is 14.2. The van der Waals surface area contributed by atoms with E-state index in [1.54, 1.807) is 13.8 Å². The van der Waals surface area contributed by atoms with Gasteiger partial charge in [-0.3, -0.25) is 34.1 Å². The Bertz CT molecular complexity index is 1080. The van der Waals surface area contributed by atoms with Gasteiger partial charge in [0.1, 0.15) is 6.04 Å². The van der Waals surface area contributed by atoms with Crippen molar-refractivity contribution in [2.45, 2.75) is 45.8 Å². The van der Waals surface area contributed by atoms with Gasteiger partial charge in [0.05, 0.1) is 44.8 Å². The van der Waals surface area contributed by atoms with Crippen molar-refractivity contribution in [3.05, 3.63) is 59.4 Å². The molecule has 0 fully saturated rings. The number of hydrogen-bond donors (Lipinski definition) is 1. The highest BCUT2D eigenvalue weighted by Gasteiger charge is 2.29. The minimum Gasteiger partial charge on any atom is -0.468 e. The van der Waals surface area contributed by atoms with Crippen LogP contribution < -0.4 is 5.73 Å². The molecule has 0 spiro atoms. The molecule has 1 unspecified atom stereocenters. The van der Waals surface area contributed by atoms with Crippen molar-refractivity contribution in [2.24, 2.45) is 0 Å². The zero-order valence-electron chi connectivity index (χ0n) is 24.4. The Hall–Kier alpha value is -3.54. The monoisotopic (exact) mass is 569 g/mol. The molecule has 0 aliphatic carbocycles. The molecule has 1 aliphatic rings. The lowest BCUT2D eigenvalue weighted by molar-refractivity contribution is -0.149. The van der Waals surface area contributed by atoms with Crippen molar-refractivity contribution in [3.63, 3.8) is 0 Å². The molecule has 224 valence electrons. The summed E-state index contributed by atoms with van der Waals surface area (Å²) in [6.07, 6.45) is 1.19. The molecular weight excluding hydrogens is 526 g/mol. The molecule has 0 radical (unpaired) electrons. The van der Waals surface area contributed by atoms with Gasteiger partial charge in [-0.2, -0.15) is 0 Å². The molecule has 1 aromatic carbocycles. The van der Waals surface area contributed by atoms with Crippen LogP contribution in [-0.4, -0.2) is 103 Å². The summed E-state index contributed by atoms with van der Waals surface area (Å²) >= 11 is 0. The van der Waals surface area contributed by atoms with Gasteiger partial charge < -0.3 is 19.9 Å². The quantitative estimate of drug-likeness (QED) is 0.242. The van der Waals surface area contributed by atoms with E-state index in [9.17, 15) is 14.4 Å². The predicted octanol–water partition coefficient (Wildman–Crippen LogP) is 1.88. The molecule has 0 saturated carbocycles. The number of nitrogen functional groups attached to an aromatic ring is 1. The van der Waals surface area contributed by atoms with Gasteiger partial charge in [0, 0.05) is 45.0 Å².